The Morgan fingerprint density at radius 2 is 1.61 bits per heavy atom. The number of hydrogen-bond donors (Lipinski definition) is 4. The van der Waals surface area contributed by atoms with Crippen molar-refractivity contribution in [1.29, 1.82) is 0 Å². The van der Waals surface area contributed by atoms with Gasteiger partial charge in [-0.05, 0) is 107 Å². The molecule has 0 aromatic heterocycles. The monoisotopic (exact) mass is 1010 g/mol. The van der Waals surface area contributed by atoms with Crippen molar-refractivity contribution in [2.75, 3.05) is 40.6 Å². The van der Waals surface area contributed by atoms with E-state index in [2.05, 4.69) is 11.8 Å². The van der Waals surface area contributed by atoms with E-state index in [1.807, 2.05) is 65.0 Å². The van der Waals surface area contributed by atoms with Crippen molar-refractivity contribution in [1.82, 2.24) is 4.90 Å². The summed E-state index contributed by atoms with van der Waals surface area (Å²) in [5, 5.41) is 45.0. The van der Waals surface area contributed by atoms with Gasteiger partial charge in [-0.3, -0.25) is 14.4 Å². The molecule has 2 saturated heterocycles. The number of methoxy groups -OCH3 is 2. The van der Waals surface area contributed by atoms with Crippen LogP contribution in [0.3, 0.4) is 0 Å². The standard InChI is InChI=1S/C57H89NO14/c1-11-12-18-28-69-48-34-44-24-22-42(8)57(66,72-44)54(63)55(64)58-26-17-16-21-45(58)56(65)71-49(39(5)32-43-23-25-47(70-29-27-59)50(33-43)67-9)35-46(60)38(4)31-41(7)52(62)53(68-10)51(61)40(6)30-36(2)19-14-13-15-20-37(48)3/h13-15,19-20,31,36,38-40,42-50,52-53,59-60,62,66H,11,16-17,21-30,32-35H2,1-10H3/b15-13+,19-14+,37-20+,41-31+/t36-,38+,39+,40+,42+,43+,44-,45-,46-,47+,48-,49-,50+,52+,53-,57+/m0/s1. The molecule has 1 saturated carbocycles. The number of Topliss-reactive ketones (excluding diaryl/α,β-unsaturated/α-hetero) is 2. The van der Waals surface area contributed by atoms with Gasteiger partial charge in [-0.1, -0.05) is 83.9 Å². The summed E-state index contributed by atoms with van der Waals surface area (Å²) in [6.07, 6.45) is 12.0. The van der Waals surface area contributed by atoms with Gasteiger partial charge < -0.3 is 53.7 Å². The summed E-state index contributed by atoms with van der Waals surface area (Å²) in [6, 6.07) is -1.13. The molecule has 0 aromatic carbocycles. The number of carbonyl (C=O) groups is 4. The first-order chi connectivity index (χ1) is 34.3. The van der Waals surface area contributed by atoms with Gasteiger partial charge >= 0.3 is 5.97 Å². The summed E-state index contributed by atoms with van der Waals surface area (Å²) in [7, 11) is 3.04. The van der Waals surface area contributed by atoms with Crippen molar-refractivity contribution in [3.8, 4) is 11.8 Å². The number of nitrogens with zero attached hydrogens (tertiary/aromatic N) is 1. The molecule has 406 valence electrons. The van der Waals surface area contributed by atoms with Crippen LogP contribution in [0.2, 0.25) is 0 Å². The van der Waals surface area contributed by atoms with Crippen molar-refractivity contribution < 1.29 is 68.0 Å². The Kier molecular flexibility index (Phi) is 25.5. The third kappa shape index (κ3) is 17.2. The summed E-state index contributed by atoms with van der Waals surface area (Å²) in [5.41, 5.74) is 1.30. The molecule has 15 nitrogen and oxygen atoms in total. The molecule has 0 unspecified atom stereocenters. The van der Waals surface area contributed by atoms with Gasteiger partial charge in [-0.15, -0.1) is 5.92 Å². The van der Waals surface area contributed by atoms with Gasteiger partial charge in [-0.25, -0.2) is 4.79 Å². The predicted molar refractivity (Wildman–Crippen MR) is 274 cm³/mol. The molecule has 3 heterocycles. The van der Waals surface area contributed by atoms with E-state index in [4.69, 9.17) is 28.4 Å². The summed E-state index contributed by atoms with van der Waals surface area (Å²) in [4.78, 5) is 58.5. The highest BCUT2D eigenvalue weighted by atomic mass is 16.6. The highest BCUT2D eigenvalue weighted by molar-refractivity contribution is 6.39. The topological polar surface area (TPSA) is 208 Å². The highest BCUT2D eigenvalue weighted by Gasteiger charge is 2.53. The maximum atomic E-state index is 14.6. The van der Waals surface area contributed by atoms with E-state index >= 15 is 0 Å². The molecule has 4 rings (SSSR count). The average molecular weight is 1010 g/mol. The maximum absolute atomic E-state index is 14.6. The average Bonchev–Trinajstić information content (AvgIpc) is 3.36. The SMILES string of the molecule is CCC#CCO[C@H]1C[C@@H]2CC[C@@H](C)[C@@](O)(O2)C(=O)C(=O)N2CCCC[C@H]2C(=O)O[C@H]([C@H](C)C[C@H]2CC[C@@H](OCCO)[C@H](OC)C2)C[C@H](O)[C@H](C)/C=C(\C)[C@@H](O)[C@@H](OC)C(=O)[C@H](C)C[C@@H](C)/C=C/C=C/C=C/1C. The first kappa shape index (κ1) is 61.0. The number of aliphatic hydroxyl groups excluding tert-OH is 3. The second-order valence-electron chi connectivity index (χ2n) is 21.1. The van der Waals surface area contributed by atoms with Crippen LogP contribution in [0, 0.1) is 47.3 Å². The summed E-state index contributed by atoms with van der Waals surface area (Å²) >= 11 is 0. The fourth-order valence-electron chi connectivity index (χ4n) is 10.9. The molecular formula is C57H89NO14. The molecule has 0 spiro atoms. The summed E-state index contributed by atoms with van der Waals surface area (Å²) in [5.74, 6) is -1.36. The van der Waals surface area contributed by atoms with Gasteiger partial charge in [0.05, 0.1) is 43.7 Å². The first-order valence-electron chi connectivity index (χ1n) is 26.7. The van der Waals surface area contributed by atoms with Crippen LogP contribution in [0.25, 0.3) is 0 Å². The number of esters is 1. The fraction of sp³-hybridized carbons (Fsp3) is 0.754. The minimum absolute atomic E-state index is 0.0103. The van der Waals surface area contributed by atoms with Crippen LogP contribution in [0.1, 0.15) is 139 Å². The largest absolute Gasteiger partial charge is 0.460 e. The van der Waals surface area contributed by atoms with Crippen LogP contribution in [0.5, 0.6) is 0 Å². The lowest BCUT2D eigenvalue weighted by atomic mass is 9.78. The molecule has 1 aliphatic carbocycles. The minimum Gasteiger partial charge on any atom is -0.460 e. The fourth-order valence-corrected chi connectivity index (χ4v) is 10.9. The molecule has 4 N–H and O–H groups in total. The molecule has 0 radical (unpaired) electrons. The van der Waals surface area contributed by atoms with E-state index in [0.717, 1.165) is 12.0 Å². The Morgan fingerprint density at radius 1 is 0.861 bits per heavy atom. The molecule has 3 aliphatic heterocycles. The lowest BCUT2D eigenvalue weighted by molar-refractivity contribution is -0.265. The van der Waals surface area contributed by atoms with Crippen LogP contribution in [-0.4, -0.2) is 150 Å². The molecule has 4 aliphatic rings. The normalized spacial score (nSPS) is 38.4. The Labute approximate surface area is 430 Å². The van der Waals surface area contributed by atoms with Gasteiger partial charge in [0, 0.05) is 57.8 Å². The van der Waals surface area contributed by atoms with Gasteiger partial charge in [0.15, 0.2) is 5.78 Å². The zero-order valence-electron chi connectivity index (χ0n) is 45.0. The van der Waals surface area contributed by atoms with Gasteiger partial charge in [0.1, 0.15) is 31.0 Å². The number of allylic oxidation sites excluding steroid dienone is 5. The number of cyclic esters (lactones) is 1. The zero-order chi connectivity index (χ0) is 53.1. The number of hydrogen-bond acceptors (Lipinski definition) is 14. The Hall–Kier alpha value is -3.56. The molecular weight excluding hydrogens is 923 g/mol. The van der Waals surface area contributed by atoms with E-state index in [9.17, 15) is 39.6 Å². The van der Waals surface area contributed by atoms with Crippen molar-refractivity contribution in [3.05, 3.63) is 47.6 Å². The number of aliphatic hydroxyl groups is 4. The molecule has 1 amide bonds. The lowest BCUT2D eigenvalue weighted by Crippen LogP contribution is -2.61. The number of piperidine rings is 1. The molecule has 2 bridgehead atoms. The smallest absolute Gasteiger partial charge is 0.329 e. The lowest BCUT2D eigenvalue weighted by Gasteiger charge is -2.43. The van der Waals surface area contributed by atoms with Crippen LogP contribution in [0.15, 0.2) is 47.6 Å². The van der Waals surface area contributed by atoms with Crippen LogP contribution in [-0.2, 0) is 47.6 Å². The highest BCUT2D eigenvalue weighted by Crippen LogP contribution is 2.38. The van der Waals surface area contributed by atoms with Crippen molar-refractivity contribution in [2.24, 2.45) is 35.5 Å². The number of carbonyl (C=O) groups excluding carboxylic acids is 4. The van der Waals surface area contributed by atoms with E-state index in [1.54, 1.807) is 34.0 Å². The zero-order valence-corrected chi connectivity index (χ0v) is 45.0. The summed E-state index contributed by atoms with van der Waals surface area (Å²) in [6.45, 7) is 15.2. The third-order valence-corrected chi connectivity index (χ3v) is 15.4. The van der Waals surface area contributed by atoms with Gasteiger partial charge in [-0.2, -0.15) is 0 Å². The first-order valence-corrected chi connectivity index (χ1v) is 26.7. The van der Waals surface area contributed by atoms with Gasteiger partial charge in [0.25, 0.3) is 11.7 Å². The number of ether oxygens (including phenoxy) is 6. The predicted octanol–water partition coefficient (Wildman–Crippen LogP) is 6.77. The molecule has 0 aromatic rings. The Morgan fingerprint density at radius 3 is 2.31 bits per heavy atom. The van der Waals surface area contributed by atoms with Gasteiger partial charge in [0.2, 0.25) is 5.79 Å². The molecule has 15 heteroatoms. The Bertz CT molecular complexity index is 1940. The van der Waals surface area contributed by atoms with E-state index < -0.39 is 83.9 Å². The maximum Gasteiger partial charge on any atom is 0.329 e. The van der Waals surface area contributed by atoms with E-state index in [-0.39, 0.29) is 81.4 Å². The second kappa shape index (κ2) is 30.1. The summed E-state index contributed by atoms with van der Waals surface area (Å²) < 4.78 is 36.3. The van der Waals surface area contributed by atoms with Crippen molar-refractivity contribution >= 4 is 23.4 Å². The second-order valence-corrected chi connectivity index (χ2v) is 21.1. The van der Waals surface area contributed by atoms with E-state index in [1.165, 1.54) is 12.0 Å². The molecule has 16 atom stereocenters. The van der Waals surface area contributed by atoms with Crippen LogP contribution in [0.4, 0.5) is 0 Å². The quantitative estimate of drug-likeness (QED) is 0.0771. The van der Waals surface area contributed by atoms with Crippen molar-refractivity contribution in [2.45, 2.75) is 200 Å². The third-order valence-electron chi connectivity index (χ3n) is 15.4. The number of fused-ring (bicyclic) bond motifs is 3. The number of rotatable bonds is 10. The molecule has 3 fully saturated rings. The number of amides is 1. The number of ketones is 2. The van der Waals surface area contributed by atoms with E-state index in [0.29, 0.717) is 63.4 Å². The Balaban J connectivity index is 1.72. The van der Waals surface area contributed by atoms with Crippen molar-refractivity contribution in [3.63, 3.8) is 0 Å². The van der Waals surface area contributed by atoms with Crippen LogP contribution >= 0.6 is 0 Å². The minimum atomic E-state index is -2.46. The molecule has 72 heavy (non-hydrogen) atoms. The van der Waals surface area contributed by atoms with Crippen LogP contribution < -0.4 is 0 Å².